The predicted molar refractivity (Wildman–Crippen MR) is 71.3 cm³/mol. The van der Waals surface area contributed by atoms with Crippen molar-refractivity contribution in [3.8, 4) is 0 Å². The zero-order valence-corrected chi connectivity index (χ0v) is 11.6. The first-order chi connectivity index (χ1) is 8.06. The molecule has 0 radical (unpaired) electrons. The molecule has 1 saturated heterocycles. The highest BCUT2D eigenvalue weighted by atomic mass is 15.1. The first-order valence-corrected chi connectivity index (χ1v) is 6.80. The number of hydrogen-bond donors (Lipinski definition) is 1. The molecule has 0 saturated carbocycles. The van der Waals surface area contributed by atoms with Gasteiger partial charge in [0.2, 0.25) is 0 Å². The number of hydrogen-bond acceptors (Lipinski definition) is 2. The average molecular weight is 235 g/mol. The van der Waals surface area contributed by atoms with Gasteiger partial charge in [-0.1, -0.05) is 20.8 Å². The molecule has 1 atom stereocenters. The van der Waals surface area contributed by atoms with Gasteiger partial charge in [-0.15, -0.1) is 0 Å². The van der Waals surface area contributed by atoms with Gasteiger partial charge in [0.05, 0.1) is 6.33 Å². The Balaban J connectivity index is 2.40. The van der Waals surface area contributed by atoms with Crippen molar-refractivity contribution in [1.82, 2.24) is 14.9 Å². The molecule has 1 unspecified atom stereocenters. The first-order valence-electron chi connectivity index (χ1n) is 6.80. The van der Waals surface area contributed by atoms with E-state index in [1.54, 1.807) is 0 Å². The van der Waals surface area contributed by atoms with E-state index in [9.17, 15) is 0 Å². The van der Waals surface area contributed by atoms with Crippen LogP contribution < -0.4 is 5.32 Å². The third-order valence-corrected chi connectivity index (χ3v) is 4.73. The third kappa shape index (κ3) is 2.01. The molecular formula is C14H25N3. The zero-order chi connectivity index (χ0) is 12.5. The lowest BCUT2D eigenvalue weighted by molar-refractivity contribution is 0.271. The molecule has 1 aliphatic rings. The molecule has 3 nitrogen and oxygen atoms in total. The minimum Gasteiger partial charge on any atom is -0.328 e. The quantitative estimate of drug-likeness (QED) is 0.869. The van der Waals surface area contributed by atoms with E-state index < -0.39 is 0 Å². The third-order valence-electron chi connectivity index (χ3n) is 4.73. The minimum absolute atomic E-state index is 0.206. The van der Waals surface area contributed by atoms with Gasteiger partial charge in [-0.2, -0.15) is 0 Å². The van der Waals surface area contributed by atoms with Crippen LogP contribution >= 0.6 is 0 Å². The van der Waals surface area contributed by atoms with Gasteiger partial charge < -0.3 is 9.88 Å². The zero-order valence-electron chi connectivity index (χ0n) is 11.6. The summed E-state index contributed by atoms with van der Waals surface area (Å²) in [5.41, 5.74) is 1.85. The number of nitrogens with zero attached hydrogens (tertiary/aromatic N) is 2. The Morgan fingerprint density at radius 3 is 2.71 bits per heavy atom. The predicted octanol–water partition coefficient (Wildman–Crippen LogP) is 2.67. The number of aromatic nitrogens is 2. The van der Waals surface area contributed by atoms with E-state index in [-0.39, 0.29) is 11.0 Å². The molecule has 17 heavy (non-hydrogen) atoms. The van der Waals surface area contributed by atoms with Crippen molar-refractivity contribution in [2.24, 2.45) is 0 Å². The Kier molecular flexibility index (Phi) is 3.30. The lowest BCUT2D eigenvalue weighted by Crippen LogP contribution is -2.36. The van der Waals surface area contributed by atoms with Gasteiger partial charge in [0.1, 0.15) is 0 Å². The normalized spacial score (nSPS) is 25.4. The van der Waals surface area contributed by atoms with E-state index in [1.807, 2.05) is 6.33 Å². The van der Waals surface area contributed by atoms with Crippen LogP contribution in [0.1, 0.15) is 52.7 Å². The Hall–Kier alpha value is -0.830. The molecule has 1 aromatic heterocycles. The first kappa shape index (κ1) is 12.6. The topological polar surface area (TPSA) is 29.9 Å². The molecule has 0 aliphatic carbocycles. The Bertz CT molecular complexity index is 352. The van der Waals surface area contributed by atoms with Crippen molar-refractivity contribution in [1.29, 1.82) is 0 Å². The monoisotopic (exact) mass is 235 g/mol. The van der Waals surface area contributed by atoms with Gasteiger partial charge in [0.25, 0.3) is 0 Å². The maximum Gasteiger partial charge on any atom is 0.0953 e. The van der Waals surface area contributed by atoms with Gasteiger partial charge in [0.15, 0.2) is 0 Å². The fourth-order valence-corrected chi connectivity index (χ4v) is 2.80. The van der Waals surface area contributed by atoms with Crippen LogP contribution in [0.25, 0.3) is 0 Å². The van der Waals surface area contributed by atoms with Crippen LogP contribution in [-0.2, 0) is 11.0 Å². The fraction of sp³-hybridized carbons (Fsp3) is 0.786. The average Bonchev–Trinajstić information content (AvgIpc) is 2.97. The van der Waals surface area contributed by atoms with Crippen molar-refractivity contribution < 1.29 is 0 Å². The van der Waals surface area contributed by atoms with Gasteiger partial charge in [-0.05, 0) is 32.7 Å². The number of imidazole rings is 1. The largest absolute Gasteiger partial charge is 0.328 e. The summed E-state index contributed by atoms with van der Waals surface area (Å²) in [4.78, 5) is 4.41. The Morgan fingerprint density at radius 1 is 1.47 bits per heavy atom. The van der Waals surface area contributed by atoms with Gasteiger partial charge in [-0.25, -0.2) is 4.98 Å². The minimum atomic E-state index is 0.206. The highest BCUT2D eigenvalue weighted by Gasteiger charge is 2.36. The molecule has 1 fully saturated rings. The van der Waals surface area contributed by atoms with Crippen LogP contribution in [0, 0.1) is 0 Å². The van der Waals surface area contributed by atoms with Crippen LogP contribution in [0.15, 0.2) is 12.5 Å². The molecule has 1 N–H and O–H groups in total. The smallest absolute Gasteiger partial charge is 0.0953 e. The highest BCUT2D eigenvalue weighted by molar-refractivity contribution is 5.19. The Labute approximate surface area is 105 Å². The van der Waals surface area contributed by atoms with Crippen molar-refractivity contribution in [2.45, 2.75) is 57.9 Å². The van der Waals surface area contributed by atoms with Gasteiger partial charge in [-0.3, -0.25) is 0 Å². The SMILES string of the molecule is CCC(C)(CC)n1cncc1C1(C)CCNC1. The molecule has 2 heterocycles. The van der Waals surface area contributed by atoms with E-state index in [4.69, 9.17) is 0 Å². The van der Waals surface area contributed by atoms with E-state index >= 15 is 0 Å². The second-order valence-corrected chi connectivity index (χ2v) is 5.84. The maximum atomic E-state index is 4.41. The van der Waals surface area contributed by atoms with Crippen LogP contribution in [0.2, 0.25) is 0 Å². The molecule has 1 aliphatic heterocycles. The van der Waals surface area contributed by atoms with Crippen LogP contribution in [-0.4, -0.2) is 22.6 Å². The van der Waals surface area contributed by atoms with Crippen LogP contribution in [0.5, 0.6) is 0 Å². The Morgan fingerprint density at radius 2 is 2.18 bits per heavy atom. The summed E-state index contributed by atoms with van der Waals surface area (Å²) in [6.07, 6.45) is 7.59. The molecule has 3 heteroatoms. The fourth-order valence-electron chi connectivity index (χ4n) is 2.80. The molecule has 2 rings (SSSR count). The second-order valence-electron chi connectivity index (χ2n) is 5.84. The molecular weight excluding hydrogens is 210 g/mol. The van der Waals surface area contributed by atoms with Crippen molar-refractivity contribution in [2.75, 3.05) is 13.1 Å². The van der Waals surface area contributed by atoms with Crippen molar-refractivity contribution >= 4 is 0 Å². The molecule has 0 spiro atoms. The summed E-state index contributed by atoms with van der Waals surface area (Å²) in [5.74, 6) is 0. The summed E-state index contributed by atoms with van der Waals surface area (Å²) in [5, 5.41) is 3.47. The van der Waals surface area contributed by atoms with E-state index in [0.717, 1.165) is 25.9 Å². The van der Waals surface area contributed by atoms with Crippen molar-refractivity contribution in [3.63, 3.8) is 0 Å². The van der Waals surface area contributed by atoms with Gasteiger partial charge >= 0.3 is 0 Å². The van der Waals surface area contributed by atoms with E-state index in [0.29, 0.717) is 0 Å². The molecule has 0 bridgehead atoms. The van der Waals surface area contributed by atoms with Gasteiger partial charge in [0, 0.05) is 29.4 Å². The number of rotatable bonds is 4. The molecule has 0 aromatic carbocycles. The molecule has 1 aromatic rings. The molecule has 96 valence electrons. The second kappa shape index (κ2) is 4.45. The standard InChI is InChI=1S/C14H25N3/c1-5-14(4,6-2)17-11-16-9-12(17)13(3)7-8-15-10-13/h9,11,15H,5-8,10H2,1-4H3. The summed E-state index contributed by atoms with van der Waals surface area (Å²) in [7, 11) is 0. The van der Waals surface area contributed by atoms with Crippen LogP contribution in [0.3, 0.4) is 0 Å². The summed E-state index contributed by atoms with van der Waals surface area (Å²) in [6.45, 7) is 11.4. The van der Waals surface area contributed by atoms with Crippen LogP contribution in [0.4, 0.5) is 0 Å². The van der Waals surface area contributed by atoms with E-state index in [2.05, 4.69) is 48.8 Å². The summed E-state index contributed by atoms with van der Waals surface area (Å²) < 4.78 is 2.42. The summed E-state index contributed by atoms with van der Waals surface area (Å²) >= 11 is 0. The maximum absolute atomic E-state index is 4.41. The lowest BCUT2D eigenvalue weighted by atomic mass is 9.84. The number of nitrogens with one attached hydrogen (secondary N) is 1. The highest BCUT2D eigenvalue weighted by Crippen LogP contribution is 2.35. The lowest BCUT2D eigenvalue weighted by Gasteiger charge is -2.35. The van der Waals surface area contributed by atoms with Crippen molar-refractivity contribution in [3.05, 3.63) is 18.2 Å². The molecule has 0 amide bonds. The van der Waals surface area contributed by atoms with E-state index in [1.165, 1.54) is 12.1 Å². The summed E-state index contributed by atoms with van der Waals surface area (Å²) in [6, 6.07) is 0.